The lowest BCUT2D eigenvalue weighted by Crippen LogP contribution is -2.41. The molecule has 0 heterocycles. The molecule has 0 aliphatic carbocycles. The molecule has 0 fully saturated rings. The van der Waals surface area contributed by atoms with Gasteiger partial charge < -0.3 is 15.4 Å². The minimum absolute atomic E-state index is 0.118. The van der Waals surface area contributed by atoms with Crippen LogP contribution in [0.5, 0.6) is 5.75 Å². The first-order chi connectivity index (χ1) is 11.7. The number of alkyl halides is 3. The van der Waals surface area contributed by atoms with Gasteiger partial charge in [0.05, 0.1) is 0 Å². The number of amides is 2. The maximum Gasteiger partial charge on any atom is 0.573 e. The molecule has 1 atom stereocenters. The van der Waals surface area contributed by atoms with Gasteiger partial charge in [-0.1, -0.05) is 24.3 Å². The van der Waals surface area contributed by atoms with Gasteiger partial charge in [-0.15, -0.1) is 13.2 Å². The summed E-state index contributed by atoms with van der Waals surface area (Å²) in [5.41, 5.74) is 0.510. The van der Waals surface area contributed by atoms with E-state index in [0.29, 0.717) is 5.56 Å². The van der Waals surface area contributed by atoms with E-state index < -0.39 is 30.0 Å². The van der Waals surface area contributed by atoms with Crippen molar-refractivity contribution in [3.63, 3.8) is 0 Å². The number of hydrogen-bond acceptors (Lipinski definition) is 3. The summed E-state index contributed by atoms with van der Waals surface area (Å²) < 4.78 is 40.4. The zero-order valence-corrected chi connectivity index (χ0v) is 13.1. The van der Waals surface area contributed by atoms with Gasteiger partial charge in [0.2, 0.25) is 5.91 Å². The fourth-order valence-electron chi connectivity index (χ4n) is 1.96. The predicted molar refractivity (Wildman–Crippen MR) is 85.1 cm³/mol. The largest absolute Gasteiger partial charge is 0.573 e. The van der Waals surface area contributed by atoms with Crippen LogP contribution in [0.3, 0.4) is 0 Å². The van der Waals surface area contributed by atoms with E-state index in [4.69, 9.17) is 0 Å². The zero-order valence-electron chi connectivity index (χ0n) is 13.1. The van der Waals surface area contributed by atoms with Crippen LogP contribution in [0.25, 0.3) is 0 Å². The Balaban J connectivity index is 1.97. The Morgan fingerprint density at radius 2 is 1.72 bits per heavy atom. The minimum atomic E-state index is -4.82. The van der Waals surface area contributed by atoms with Crippen molar-refractivity contribution in [1.29, 1.82) is 0 Å². The maximum atomic E-state index is 12.2. The molecule has 5 nitrogen and oxygen atoms in total. The molecular formula is C17H15F3N2O3. The molecule has 8 heteroatoms. The molecule has 0 aliphatic rings. The number of halogens is 3. The first-order valence-corrected chi connectivity index (χ1v) is 7.27. The number of hydrogen-bond donors (Lipinski definition) is 2. The number of benzene rings is 2. The van der Waals surface area contributed by atoms with Crippen molar-refractivity contribution in [2.45, 2.75) is 19.3 Å². The Kier molecular flexibility index (Phi) is 5.63. The third-order valence-electron chi connectivity index (χ3n) is 3.11. The zero-order chi connectivity index (χ0) is 18.4. The second-order valence-electron chi connectivity index (χ2n) is 5.13. The molecule has 2 rings (SSSR count). The van der Waals surface area contributed by atoms with Gasteiger partial charge in [-0.3, -0.25) is 9.59 Å². The number of rotatable bonds is 5. The Hall–Kier alpha value is -3.03. The van der Waals surface area contributed by atoms with Crippen molar-refractivity contribution in [3.8, 4) is 5.75 Å². The SMILES string of the molecule is CC(NC(=O)c1ccccc1)C(=O)Nc1cccc(OC(F)(F)F)c1. The van der Waals surface area contributed by atoms with E-state index in [-0.39, 0.29) is 5.69 Å². The number of ether oxygens (including phenoxy) is 1. The lowest BCUT2D eigenvalue weighted by atomic mass is 10.2. The van der Waals surface area contributed by atoms with E-state index in [9.17, 15) is 22.8 Å². The van der Waals surface area contributed by atoms with Crippen LogP contribution >= 0.6 is 0 Å². The molecule has 0 spiro atoms. The monoisotopic (exact) mass is 352 g/mol. The van der Waals surface area contributed by atoms with Crippen LogP contribution in [-0.4, -0.2) is 24.2 Å². The van der Waals surface area contributed by atoms with E-state index in [1.165, 1.54) is 19.1 Å². The summed E-state index contributed by atoms with van der Waals surface area (Å²) in [6.07, 6.45) is -4.82. The normalized spacial score (nSPS) is 12.2. The van der Waals surface area contributed by atoms with E-state index >= 15 is 0 Å². The van der Waals surface area contributed by atoms with Gasteiger partial charge >= 0.3 is 6.36 Å². The molecular weight excluding hydrogens is 337 g/mol. The highest BCUT2D eigenvalue weighted by atomic mass is 19.4. The van der Waals surface area contributed by atoms with Crippen LogP contribution < -0.4 is 15.4 Å². The Morgan fingerprint density at radius 1 is 1.04 bits per heavy atom. The minimum Gasteiger partial charge on any atom is -0.406 e. The molecule has 0 bridgehead atoms. The number of carbonyl (C=O) groups is 2. The summed E-state index contributed by atoms with van der Waals surface area (Å²) in [4.78, 5) is 24.1. The molecule has 2 aromatic rings. The van der Waals surface area contributed by atoms with Gasteiger partial charge in [-0.25, -0.2) is 0 Å². The van der Waals surface area contributed by atoms with Gasteiger partial charge in [-0.2, -0.15) is 0 Å². The first kappa shape index (κ1) is 18.3. The molecule has 0 aliphatic heterocycles. The van der Waals surface area contributed by atoms with E-state index in [2.05, 4.69) is 15.4 Å². The maximum absolute atomic E-state index is 12.2. The lowest BCUT2D eigenvalue weighted by molar-refractivity contribution is -0.274. The van der Waals surface area contributed by atoms with Gasteiger partial charge in [0.25, 0.3) is 5.91 Å². The van der Waals surface area contributed by atoms with Crippen LogP contribution in [0, 0.1) is 0 Å². The summed E-state index contributed by atoms with van der Waals surface area (Å²) >= 11 is 0. The summed E-state index contributed by atoms with van der Waals surface area (Å²) in [5, 5.41) is 4.93. The summed E-state index contributed by atoms with van der Waals surface area (Å²) in [6, 6.07) is 12.3. The van der Waals surface area contributed by atoms with Gasteiger partial charge in [0.15, 0.2) is 0 Å². The number of anilines is 1. The van der Waals surface area contributed by atoms with Crippen LogP contribution in [0.15, 0.2) is 54.6 Å². The van der Waals surface area contributed by atoms with E-state index in [1.807, 2.05) is 0 Å². The fourth-order valence-corrected chi connectivity index (χ4v) is 1.96. The number of carbonyl (C=O) groups excluding carboxylic acids is 2. The Morgan fingerprint density at radius 3 is 2.36 bits per heavy atom. The second kappa shape index (κ2) is 7.69. The lowest BCUT2D eigenvalue weighted by Gasteiger charge is -2.15. The molecule has 132 valence electrons. The fraction of sp³-hybridized carbons (Fsp3) is 0.176. The van der Waals surface area contributed by atoms with Crippen molar-refractivity contribution in [2.75, 3.05) is 5.32 Å². The van der Waals surface area contributed by atoms with Crippen LogP contribution in [0.1, 0.15) is 17.3 Å². The van der Waals surface area contributed by atoms with E-state index in [1.54, 1.807) is 30.3 Å². The molecule has 2 N–H and O–H groups in total. The van der Waals surface area contributed by atoms with Crippen LogP contribution in [0.4, 0.5) is 18.9 Å². The molecule has 0 saturated heterocycles. The molecule has 1 unspecified atom stereocenters. The van der Waals surface area contributed by atoms with Gasteiger partial charge in [-0.05, 0) is 31.2 Å². The van der Waals surface area contributed by atoms with Crippen molar-refractivity contribution in [1.82, 2.24) is 5.32 Å². The molecule has 2 amide bonds. The smallest absolute Gasteiger partial charge is 0.406 e. The quantitative estimate of drug-likeness (QED) is 0.867. The highest BCUT2D eigenvalue weighted by molar-refractivity contribution is 6.00. The third kappa shape index (κ3) is 5.83. The standard InChI is InChI=1S/C17H15F3N2O3/c1-11(21-16(24)12-6-3-2-4-7-12)15(23)22-13-8-5-9-14(10-13)25-17(18,19)20/h2-11H,1H3,(H,21,24)(H,22,23). The molecule has 0 radical (unpaired) electrons. The van der Waals surface area contributed by atoms with Gasteiger partial charge in [0, 0.05) is 17.3 Å². The average Bonchev–Trinajstić information content (AvgIpc) is 2.54. The highest BCUT2D eigenvalue weighted by Gasteiger charge is 2.31. The second-order valence-corrected chi connectivity index (χ2v) is 5.13. The Bertz CT molecular complexity index is 748. The number of nitrogens with one attached hydrogen (secondary N) is 2. The predicted octanol–water partition coefficient (Wildman–Crippen LogP) is 3.34. The summed E-state index contributed by atoms with van der Waals surface area (Å²) in [5.74, 6) is -1.46. The average molecular weight is 352 g/mol. The topological polar surface area (TPSA) is 67.4 Å². The first-order valence-electron chi connectivity index (χ1n) is 7.27. The van der Waals surface area contributed by atoms with E-state index in [0.717, 1.165) is 12.1 Å². The van der Waals surface area contributed by atoms with Crippen LogP contribution in [0.2, 0.25) is 0 Å². The molecule has 2 aromatic carbocycles. The molecule has 25 heavy (non-hydrogen) atoms. The van der Waals surface area contributed by atoms with Crippen molar-refractivity contribution < 1.29 is 27.5 Å². The summed E-state index contributed by atoms with van der Waals surface area (Å²) in [6.45, 7) is 1.46. The molecule has 0 aromatic heterocycles. The van der Waals surface area contributed by atoms with Gasteiger partial charge in [0.1, 0.15) is 11.8 Å². The van der Waals surface area contributed by atoms with Crippen molar-refractivity contribution in [2.24, 2.45) is 0 Å². The van der Waals surface area contributed by atoms with Crippen molar-refractivity contribution >= 4 is 17.5 Å². The summed E-state index contributed by atoms with van der Waals surface area (Å²) in [7, 11) is 0. The van der Waals surface area contributed by atoms with Crippen LogP contribution in [-0.2, 0) is 4.79 Å². The Labute approximate surface area is 141 Å². The van der Waals surface area contributed by atoms with Crippen molar-refractivity contribution in [3.05, 3.63) is 60.2 Å². The highest BCUT2D eigenvalue weighted by Crippen LogP contribution is 2.25. The third-order valence-corrected chi connectivity index (χ3v) is 3.11. The molecule has 0 saturated carbocycles.